The monoisotopic (exact) mass is 319 g/mol. The maximum Gasteiger partial charge on any atom is 0.304 e. The van der Waals surface area contributed by atoms with E-state index in [4.69, 9.17) is 5.73 Å². The zero-order valence-corrected chi connectivity index (χ0v) is 12.7. The molecule has 0 bridgehead atoms. The van der Waals surface area contributed by atoms with Crippen LogP contribution in [0.15, 0.2) is 10.3 Å². The van der Waals surface area contributed by atoms with Gasteiger partial charge in [-0.3, -0.25) is 10.1 Å². The van der Waals surface area contributed by atoms with Crippen molar-refractivity contribution in [3.05, 3.63) is 16.2 Å². The van der Waals surface area contributed by atoms with Crippen molar-refractivity contribution in [2.24, 2.45) is 5.92 Å². The summed E-state index contributed by atoms with van der Waals surface area (Å²) in [5.74, 6) is 0.559. The van der Waals surface area contributed by atoms with Crippen molar-refractivity contribution in [1.82, 2.24) is 4.31 Å². The van der Waals surface area contributed by atoms with Crippen LogP contribution in [-0.4, -0.2) is 30.7 Å². The van der Waals surface area contributed by atoms with Gasteiger partial charge in [-0.1, -0.05) is 24.7 Å². The Labute approximate surface area is 121 Å². The van der Waals surface area contributed by atoms with Crippen LogP contribution in [0.2, 0.25) is 0 Å². The number of hydrogen-bond donors (Lipinski definition) is 1. The molecule has 0 radical (unpaired) electrons. The third kappa shape index (κ3) is 2.79. The van der Waals surface area contributed by atoms with Crippen LogP contribution >= 0.6 is 11.3 Å². The lowest BCUT2D eigenvalue weighted by atomic mass is 9.96. The molecule has 2 heterocycles. The van der Waals surface area contributed by atoms with Crippen LogP contribution in [-0.2, 0) is 10.0 Å². The Hall–Kier alpha value is -1.19. The average molecular weight is 319 g/mol. The number of nitrogens with two attached hydrogens (primary N) is 1. The van der Waals surface area contributed by atoms with Crippen LogP contribution in [0.5, 0.6) is 0 Å². The Morgan fingerprint density at radius 3 is 2.55 bits per heavy atom. The molecule has 1 fully saturated rings. The Kier molecular flexibility index (Phi) is 4.31. The lowest BCUT2D eigenvalue weighted by Crippen LogP contribution is -2.37. The summed E-state index contributed by atoms with van der Waals surface area (Å²) in [6.07, 6.45) is 2.71. The molecule has 1 saturated heterocycles. The van der Waals surface area contributed by atoms with Gasteiger partial charge < -0.3 is 5.73 Å². The van der Waals surface area contributed by atoms with Crippen molar-refractivity contribution >= 4 is 32.0 Å². The van der Waals surface area contributed by atoms with E-state index >= 15 is 0 Å². The lowest BCUT2D eigenvalue weighted by molar-refractivity contribution is -0.383. The predicted molar refractivity (Wildman–Crippen MR) is 77.2 cm³/mol. The third-order valence-electron chi connectivity index (χ3n) is 3.66. The smallest absolute Gasteiger partial charge is 0.304 e. The van der Waals surface area contributed by atoms with Crippen LogP contribution in [0.1, 0.15) is 26.2 Å². The first-order valence-electron chi connectivity index (χ1n) is 6.40. The first-order valence-corrected chi connectivity index (χ1v) is 8.65. The fourth-order valence-electron chi connectivity index (χ4n) is 2.33. The van der Waals surface area contributed by atoms with Gasteiger partial charge in [0.2, 0.25) is 0 Å². The quantitative estimate of drug-likeness (QED) is 0.675. The minimum absolute atomic E-state index is 0.0448. The molecule has 1 aliphatic rings. The lowest BCUT2D eigenvalue weighted by Gasteiger charge is -2.30. The van der Waals surface area contributed by atoms with Crippen molar-refractivity contribution in [1.29, 1.82) is 0 Å². The number of thiophene rings is 1. The van der Waals surface area contributed by atoms with E-state index < -0.39 is 14.9 Å². The molecular weight excluding hydrogens is 302 g/mol. The molecule has 9 heteroatoms. The van der Waals surface area contributed by atoms with E-state index in [0.29, 0.717) is 19.0 Å². The fraction of sp³-hybridized carbons (Fsp3) is 0.636. The van der Waals surface area contributed by atoms with E-state index in [1.54, 1.807) is 0 Å². The summed E-state index contributed by atoms with van der Waals surface area (Å²) in [6, 6.07) is 1.06. The number of piperidine rings is 1. The molecule has 2 rings (SSSR count). The van der Waals surface area contributed by atoms with E-state index in [1.807, 2.05) is 0 Å². The highest BCUT2D eigenvalue weighted by Gasteiger charge is 2.32. The van der Waals surface area contributed by atoms with Gasteiger partial charge >= 0.3 is 5.69 Å². The number of hydrogen-bond acceptors (Lipinski definition) is 6. The second kappa shape index (κ2) is 5.66. The van der Waals surface area contributed by atoms with Crippen LogP contribution in [0, 0.1) is 16.0 Å². The minimum Gasteiger partial charge on any atom is -0.385 e. The molecular formula is C11H17N3O4S2. The summed E-state index contributed by atoms with van der Waals surface area (Å²) in [6.45, 7) is 3.02. The van der Waals surface area contributed by atoms with Gasteiger partial charge in [0, 0.05) is 19.2 Å². The van der Waals surface area contributed by atoms with Crippen molar-refractivity contribution in [3.63, 3.8) is 0 Å². The number of nitro groups is 1. The molecule has 1 aliphatic heterocycles. The largest absolute Gasteiger partial charge is 0.385 e. The Balaban J connectivity index is 2.23. The van der Waals surface area contributed by atoms with E-state index in [1.165, 1.54) is 4.31 Å². The van der Waals surface area contributed by atoms with E-state index in [2.05, 4.69) is 6.92 Å². The van der Waals surface area contributed by atoms with Gasteiger partial charge in [-0.2, -0.15) is 4.31 Å². The fourth-order valence-corrected chi connectivity index (χ4v) is 5.17. The molecule has 0 atom stereocenters. The van der Waals surface area contributed by atoms with Gasteiger partial charge in [-0.15, -0.1) is 0 Å². The SMILES string of the molecule is CCC1CCN(S(=O)(=O)c2cc([N+](=O)[O-])c(N)s2)CC1. The second-order valence-electron chi connectivity index (χ2n) is 4.83. The summed E-state index contributed by atoms with van der Waals surface area (Å²) in [7, 11) is -3.66. The van der Waals surface area contributed by atoms with Gasteiger partial charge in [0.25, 0.3) is 10.0 Å². The number of nitrogen functional groups attached to an aromatic ring is 1. The summed E-state index contributed by atoms with van der Waals surface area (Å²) in [5.41, 5.74) is 5.17. The number of sulfonamides is 1. The van der Waals surface area contributed by atoms with Gasteiger partial charge in [0.1, 0.15) is 4.21 Å². The van der Waals surface area contributed by atoms with Gasteiger partial charge in [-0.05, 0) is 18.8 Å². The van der Waals surface area contributed by atoms with Crippen molar-refractivity contribution in [2.75, 3.05) is 18.8 Å². The van der Waals surface area contributed by atoms with Gasteiger partial charge in [0.05, 0.1) is 4.92 Å². The van der Waals surface area contributed by atoms with E-state index in [9.17, 15) is 18.5 Å². The first-order chi connectivity index (χ1) is 9.36. The summed E-state index contributed by atoms with van der Waals surface area (Å²) in [5, 5.41) is 10.7. The molecule has 0 spiro atoms. The zero-order valence-electron chi connectivity index (χ0n) is 11.1. The highest BCUT2D eigenvalue weighted by Crippen LogP contribution is 2.36. The molecule has 0 amide bonds. The maximum absolute atomic E-state index is 12.4. The normalized spacial score (nSPS) is 18.2. The molecule has 0 unspecified atom stereocenters. The number of rotatable bonds is 4. The molecule has 1 aromatic heterocycles. The highest BCUT2D eigenvalue weighted by atomic mass is 32.2. The molecule has 20 heavy (non-hydrogen) atoms. The van der Waals surface area contributed by atoms with Crippen molar-refractivity contribution in [3.8, 4) is 0 Å². The predicted octanol–water partition coefficient (Wildman–Crippen LogP) is 2.05. The summed E-state index contributed by atoms with van der Waals surface area (Å²) in [4.78, 5) is 10.1. The van der Waals surface area contributed by atoms with Crippen LogP contribution in [0.3, 0.4) is 0 Å². The Bertz CT molecular complexity index is 603. The van der Waals surface area contributed by atoms with Crippen molar-refractivity contribution in [2.45, 2.75) is 30.4 Å². The maximum atomic E-state index is 12.4. The zero-order chi connectivity index (χ0) is 14.9. The first kappa shape index (κ1) is 15.2. The van der Waals surface area contributed by atoms with Gasteiger partial charge in [0.15, 0.2) is 5.00 Å². The molecule has 112 valence electrons. The molecule has 0 aromatic carbocycles. The van der Waals surface area contributed by atoms with Crippen LogP contribution in [0.25, 0.3) is 0 Å². The molecule has 0 saturated carbocycles. The summed E-state index contributed by atoms with van der Waals surface area (Å²) >= 11 is 0.756. The van der Waals surface area contributed by atoms with Crippen LogP contribution in [0.4, 0.5) is 10.7 Å². The van der Waals surface area contributed by atoms with Crippen LogP contribution < -0.4 is 5.73 Å². The molecule has 2 N–H and O–H groups in total. The van der Waals surface area contributed by atoms with Crippen molar-refractivity contribution < 1.29 is 13.3 Å². The topological polar surface area (TPSA) is 107 Å². The molecule has 1 aromatic rings. The number of nitrogens with zero attached hydrogens (tertiary/aromatic N) is 2. The third-order valence-corrected chi connectivity index (χ3v) is 6.96. The Morgan fingerprint density at radius 2 is 2.10 bits per heavy atom. The van der Waals surface area contributed by atoms with E-state index in [-0.39, 0.29) is 14.9 Å². The highest BCUT2D eigenvalue weighted by molar-refractivity contribution is 7.91. The summed E-state index contributed by atoms with van der Waals surface area (Å²) < 4.78 is 26.2. The second-order valence-corrected chi connectivity index (χ2v) is 8.08. The standard InChI is InChI=1S/C11H17N3O4S2/c1-2-8-3-5-13(6-4-8)20(17,18)10-7-9(14(15)16)11(12)19-10/h7-8H,2-6,12H2,1H3. The average Bonchev–Trinajstić information content (AvgIpc) is 2.82. The molecule has 7 nitrogen and oxygen atoms in total. The molecule has 0 aliphatic carbocycles. The number of anilines is 1. The Morgan fingerprint density at radius 1 is 1.50 bits per heavy atom. The van der Waals surface area contributed by atoms with E-state index in [0.717, 1.165) is 36.7 Å². The van der Waals surface area contributed by atoms with Gasteiger partial charge in [-0.25, -0.2) is 8.42 Å². The minimum atomic E-state index is -3.66.